The van der Waals surface area contributed by atoms with Gasteiger partial charge in [-0.3, -0.25) is 4.79 Å². The second kappa shape index (κ2) is 7.32. The number of nitrogens with one attached hydrogen (secondary N) is 2. The fraction of sp³-hybridized carbons (Fsp3) is 0.385. The molecule has 1 aromatic rings. The summed E-state index contributed by atoms with van der Waals surface area (Å²) in [5.74, 6) is 0.381. The summed E-state index contributed by atoms with van der Waals surface area (Å²) in [7, 11) is 0. The molecule has 18 heavy (non-hydrogen) atoms. The van der Waals surface area contributed by atoms with E-state index < -0.39 is 6.09 Å². The molecule has 0 aliphatic rings. The zero-order chi connectivity index (χ0) is 13.4. The minimum absolute atomic E-state index is 0.0926. The van der Waals surface area contributed by atoms with Crippen LogP contribution in [0.2, 0.25) is 0 Å². The lowest BCUT2D eigenvalue weighted by Crippen LogP contribution is -2.34. The number of carbonyl (C=O) groups is 2. The summed E-state index contributed by atoms with van der Waals surface area (Å²) in [6.07, 6.45) is -0.319. The van der Waals surface area contributed by atoms with Crippen LogP contribution in [0, 0.1) is 0 Å². The fourth-order valence-electron chi connectivity index (χ4n) is 1.30. The molecule has 1 aromatic carbocycles. The molecule has 5 nitrogen and oxygen atoms in total. The van der Waals surface area contributed by atoms with Crippen LogP contribution < -0.4 is 15.4 Å². The number of carbonyl (C=O) groups excluding carboxylic acids is 2. The van der Waals surface area contributed by atoms with Crippen molar-refractivity contribution in [1.82, 2.24) is 10.6 Å². The molecule has 0 aliphatic heterocycles. The average molecular weight is 250 g/mol. The SMILES string of the molecule is CC(C)NC(=O)CCNC(=O)Oc1ccccc1. The van der Waals surface area contributed by atoms with E-state index in [4.69, 9.17) is 4.74 Å². The van der Waals surface area contributed by atoms with Crippen molar-refractivity contribution in [3.05, 3.63) is 30.3 Å². The van der Waals surface area contributed by atoms with Gasteiger partial charge < -0.3 is 15.4 Å². The molecular formula is C13H18N2O3. The van der Waals surface area contributed by atoms with Crippen LogP contribution in [0.3, 0.4) is 0 Å². The van der Waals surface area contributed by atoms with E-state index in [2.05, 4.69) is 10.6 Å². The molecule has 0 unspecified atom stereocenters. The molecular weight excluding hydrogens is 232 g/mol. The highest BCUT2D eigenvalue weighted by molar-refractivity contribution is 5.77. The summed E-state index contributed by atoms with van der Waals surface area (Å²) < 4.78 is 5.00. The predicted octanol–water partition coefficient (Wildman–Crippen LogP) is 1.69. The Labute approximate surface area is 107 Å². The normalized spacial score (nSPS) is 9.94. The van der Waals surface area contributed by atoms with Gasteiger partial charge >= 0.3 is 6.09 Å². The molecule has 1 rings (SSSR count). The minimum atomic E-state index is -0.557. The lowest BCUT2D eigenvalue weighted by molar-refractivity contribution is -0.121. The second-order valence-corrected chi connectivity index (χ2v) is 4.10. The summed E-state index contributed by atoms with van der Waals surface area (Å²) in [5, 5.41) is 5.25. The molecule has 2 amide bonds. The number of para-hydroxylation sites is 1. The molecule has 98 valence electrons. The van der Waals surface area contributed by atoms with Crippen LogP contribution >= 0.6 is 0 Å². The van der Waals surface area contributed by atoms with Gasteiger partial charge in [-0.05, 0) is 26.0 Å². The number of hydrogen-bond acceptors (Lipinski definition) is 3. The average Bonchev–Trinajstić information content (AvgIpc) is 2.29. The van der Waals surface area contributed by atoms with Gasteiger partial charge in [0.1, 0.15) is 5.75 Å². The van der Waals surface area contributed by atoms with Gasteiger partial charge in [0.25, 0.3) is 0 Å². The van der Waals surface area contributed by atoms with Crippen molar-refractivity contribution >= 4 is 12.0 Å². The lowest BCUT2D eigenvalue weighted by Gasteiger charge is -2.09. The first-order chi connectivity index (χ1) is 8.58. The Kier molecular flexibility index (Phi) is 5.70. The van der Waals surface area contributed by atoms with Crippen molar-refractivity contribution in [3.8, 4) is 5.75 Å². The molecule has 0 aromatic heterocycles. The number of rotatable bonds is 5. The van der Waals surface area contributed by atoms with Crippen molar-refractivity contribution in [2.75, 3.05) is 6.54 Å². The van der Waals surface area contributed by atoms with Crippen LogP contribution in [0.15, 0.2) is 30.3 Å². The van der Waals surface area contributed by atoms with Crippen LogP contribution in [0.25, 0.3) is 0 Å². The van der Waals surface area contributed by atoms with Crippen LogP contribution in [-0.4, -0.2) is 24.6 Å². The van der Waals surface area contributed by atoms with Crippen molar-refractivity contribution in [1.29, 1.82) is 0 Å². The molecule has 0 atom stereocenters. The van der Waals surface area contributed by atoms with Crippen LogP contribution in [-0.2, 0) is 4.79 Å². The highest BCUT2D eigenvalue weighted by Gasteiger charge is 2.06. The second-order valence-electron chi connectivity index (χ2n) is 4.10. The van der Waals surface area contributed by atoms with Crippen LogP contribution in [0.5, 0.6) is 5.75 Å². The standard InChI is InChI=1S/C13H18N2O3/c1-10(2)15-12(16)8-9-14-13(17)18-11-6-4-3-5-7-11/h3-7,10H,8-9H2,1-2H3,(H,14,17)(H,15,16). The fourth-order valence-corrected chi connectivity index (χ4v) is 1.30. The minimum Gasteiger partial charge on any atom is -0.410 e. The first-order valence-corrected chi connectivity index (χ1v) is 5.88. The Morgan fingerprint density at radius 3 is 2.50 bits per heavy atom. The van der Waals surface area contributed by atoms with Crippen LogP contribution in [0.4, 0.5) is 4.79 Å². The third kappa shape index (κ3) is 5.89. The van der Waals surface area contributed by atoms with E-state index in [1.165, 1.54) is 0 Å². The Hall–Kier alpha value is -2.04. The topological polar surface area (TPSA) is 67.4 Å². The van der Waals surface area contributed by atoms with Gasteiger partial charge in [0, 0.05) is 19.0 Å². The Morgan fingerprint density at radius 1 is 1.22 bits per heavy atom. The van der Waals surface area contributed by atoms with Gasteiger partial charge in [0.2, 0.25) is 5.91 Å². The van der Waals surface area contributed by atoms with Crippen molar-refractivity contribution in [2.24, 2.45) is 0 Å². The maximum absolute atomic E-state index is 11.4. The largest absolute Gasteiger partial charge is 0.412 e. The van der Waals surface area contributed by atoms with Gasteiger partial charge in [-0.1, -0.05) is 18.2 Å². The number of amides is 2. The first kappa shape index (κ1) is 14.0. The summed E-state index contributed by atoms with van der Waals surface area (Å²) in [5.41, 5.74) is 0. The van der Waals surface area contributed by atoms with Gasteiger partial charge in [-0.15, -0.1) is 0 Å². The maximum atomic E-state index is 11.4. The highest BCUT2D eigenvalue weighted by Crippen LogP contribution is 2.07. The van der Waals surface area contributed by atoms with Crippen molar-refractivity contribution in [2.45, 2.75) is 26.3 Å². The van der Waals surface area contributed by atoms with Crippen molar-refractivity contribution in [3.63, 3.8) is 0 Å². The monoisotopic (exact) mass is 250 g/mol. The van der Waals surface area contributed by atoms with Gasteiger partial charge in [0.05, 0.1) is 0 Å². The van der Waals surface area contributed by atoms with E-state index in [-0.39, 0.29) is 24.9 Å². The Bertz CT molecular complexity index is 390. The number of benzene rings is 1. The van der Waals surface area contributed by atoms with Gasteiger partial charge in [-0.25, -0.2) is 4.79 Å². The third-order valence-electron chi connectivity index (χ3n) is 2.02. The van der Waals surface area contributed by atoms with Crippen LogP contribution in [0.1, 0.15) is 20.3 Å². The molecule has 0 bridgehead atoms. The Morgan fingerprint density at radius 2 is 1.89 bits per heavy atom. The maximum Gasteiger partial charge on any atom is 0.412 e. The zero-order valence-corrected chi connectivity index (χ0v) is 10.6. The van der Waals surface area contributed by atoms with E-state index in [0.717, 1.165) is 0 Å². The molecule has 0 saturated carbocycles. The third-order valence-corrected chi connectivity index (χ3v) is 2.02. The zero-order valence-electron chi connectivity index (χ0n) is 10.6. The molecule has 0 spiro atoms. The summed E-state index contributed by atoms with van der Waals surface area (Å²) in [4.78, 5) is 22.6. The molecule has 2 N–H and O–H groups in total. The molecule has 0 heterocycles. The predicted molar refractivity (Wildman–Crippen MR) is 68.4 cm³/mol. The van der Waals surface area contributed by atoms with Gasteiger partial charge in [0.15, 0.2) is 0 Å². The summed E-state index contributed by atoms with van der Waals surface area (Å²) in [6, 6.07) is 8.86. The van der Waals surface area contributed by atoms with Crippen molar-refractivity contribution < 1.29 is 14.3 Å². The summed E-state index contributed by atoms with van der Waals surface area (Å²) >= 11 is 0. The van der Waals surface area contributed by atoms with E-state index in [1.807, 2.05) is 19.9 Å². The van der Waals surface area contributed by atoms with E-state index >= 15 is 0 Å². The first-order valence-electron chi connectivity index (χ1n) is 5.88. The van der Waals surface area contributed by atoms with E-state index in [0.29, 0.717) is 5.75 Å². The molecule has 0 radical (unpaired) electrons. The molecule has 0 fully saturated rings. The Balaban J connectivity index is 2.20. The van der Waals surface area contributed by atoms with E-state index in [1.54, 1.807) is 24.3 Å². The lowest BCUT2D eigenvalue weighted by atomic mass is 10.3. The quantitative estimate of drug-likeness (QED) is 0.835. The smallest absolute Gasteiger partial charge is 0.410 e. The molecule has 0 saturated heterocycles. The molecule has 0 aliphatic carbocycles. The van der Waals surface area contributed by atoms with Gasteiger partial charge in [-0.2, -0.15) is 0 Å². The molecule has 5 heteroatoms. The summed E-state index contributed by atoms with van der Waals surface area (Å²) in [6.45, 7) is 4.02. The van der Waals surface area contributed by atoms with E-state index in [9.17, 15) is 9.59 Å². The number of ether oxygens (including phenoxy) is 1. The highest BCUT2D eigenvalue weighted by atomic mass is 16.6. The number of hydrogen-bond donors (Lipinski definition) is 2.